The van der Waals surface area contributed by atoms with Gasteiger partial charge in [0.1, 0.15) is 5.56 Å². The zero-order valence-corrected chi connectivity index (χ0v) is 14.2. The van der Waals surface area contributed by atoms with E-state index in [1.165, 1.54) is 30.9 Å². The van der Waals surface area contributed by atoms with Gasteiger partial charge in [-0.05, 0) is 30.3 Å². The number of methoxy groups -OCH3 is 2. The molecule has 0 atom stereocenters. The fourth-order valence-corrected chi connectivity index (χ4v) is 2.79. The third-order valence-electron chi connectivity index (χ3n) is 4.04. The fraction of sp³-hybridized carbons (Fsp3) is 0.105. The number of para-hydroxylation sites is 1. The molecule has 0 spiro atoms. The Hall–Kier alpha value is -3.61. The van der Waals surface area contributed by atoms with Crippen LogP contribution in [0.1, 0.15) is 20.7 Å². The molecule has 0 aliphatic rings. The number of pyridine rings is 1. The Morgan fingerprint density at radius 1 is 0.962 bits per heavy atom. The first-order valence-electron chi connectivity index (χ1n) is 7.70. The Labute approximate surface area is 148 Å². The predicted molar refractivity (Wildman–Crippen MR) is 96.6 cm³/mol. The van der Waals surface area contributed by atoms with Gasteiger partial charge in [0.2, 0.25) is 0 Å². The van der Waals surface area contributed by atoms with E-state index < -0.39 is 17.5 Å². The van der Waals surface area contributed by atoms with Gasteiger partial charge in [-0.1, -0.05) is 18.2 Å². The van der Waals surface area contributed by atoms with Crippen molar-refractivity contribution in [3.63, 3.8) is 0 Å². The van der Waals surface area contributed by atoms with Crippen LogP contribution in [0.15, 0.2) is 53.3 Å². The molecule has 0 bridgehead atoms. The highest BCUT2D eigenvalue weighted by Gasteiger charge is 2.23. The van der Waals surface area contributed by atoms with Crippen LogP contribution in [-0.2, 0) is 9.47 Å². The number of hydrogen-bond donors (Lipinski definition) is 1. The van der Waals surface area contributed by atoms with E-state index in [-0.39, 0.29) is 16.8 Å². The topological polar surface area (TPSA) is 101 Å². The first-order chi connectivity index (χ1) is 12.5. The summed E-state index contributed by atoms with van der Waals surface area (Å²) in [5, 5.41) is 0.446. The molecule has 0 aliphatic heterocycles. The largest absolute Gasteiger partial charge is 0.465 e. The van der Waals surface area contributed by atoms with Crippen molar-refractivity contribution >= 4 is 28.5 Å². The highest BCUT2D eigenvalue weighted by Crippen LogP contribution is 2.26. The number of carbonyl (C=O) groups is 2. The van der Waals surface area contributed by atoms with Gasteiger partial charge in [-0.2, -0.15) is 0 Å². The molecule has 3 aromatic rings. The number of nitrogen functional groups attached to an aromatic ring is 1. The minimum Gasteiger partial charge on any atom is -0.465 e. The van der Waals surface area contributed by atoms with E-state index in [0.717, 1.165) is 0 Å². The lowest BCUT2D eigenvalue weighted by Gasteiger charge is -2.15. The number of esters is 2. The minimum atomic E-state index is -0.823. The lowest BCUT2D eigenvalue weighted by molar-refractivity contribution is 0.0591. The maximum absolute atomic E-state index is 13.0. The van der Waals surface area contributed by atoms with Crippen molar-refractivity contribution < 1.29 is 19.1 Å². The summed E-state index contributed by atoms with van der Waals surface area (Å²) >= 11 is 0. The Balaban J connectivity index is 2.49. The summed E-state index contributed by atoms with van der Waals surface area (Å²) < 4.78 is 10.8. The summed E-state index contributed by atoms with van der Waals surface area (Å²) in [6.07, 6.45) is 0. The molecule has 0 aliphatic carbocycles. The molecule has 7 heteroatoms. The van der Waals surface area contributed by atoms with Crippen molar-refractivity contribution in [2.45, 2.75) is 0 Å². The molecule has 2 aromatic carbocycles. The second-order valence-corrected chi connectivity index (χ2v) is 5.48. The number of hydrogen-bond acceptors (Lipinski definition) is 6. The van der Waals surface area contributed by atoms with Crippen LogP contribution < -0.4 is 11.3 Å². The molecule has 26 heavy (non-hydrogen) atoms. The third-order valence-corrected chi connectivity index (χ3v) is 4.04. The van der Waals surface area contributed by atoms with Gasteiger partial charge in [-0.25, -0.2) is 9.59 Å². The van der Waals surface area contributed by atoms with E-state index in [2.05, 4.69) is 0 Å². The van der Waals surface area contributed by atoms with Gasteiger partial charge >= 0.3 is 11.9 Å². The molecule has 0 radical (unpaired) electrons. The summed E-state index contributed by atoms with van der Waals surface area (Å²) in [6, 6.07) is 13.3. The van der Waals surface area contributed by atoms with Crippen LogP contribution in [0.3, 0.4) is 0 Å². The first-order valence-corrected chi connectivity index (χ1v) is 7.70. The minimum absolute atomic E-state index is 0.000414. The number of fused-ring (bicyclic) bond motifs is 1. The lowest BCUT2D eigenvalue weighted by Crippen LogP contribution is -2.28. The molecule has 0 fully saturated rings. The van der Waals surface area contributed by atoms with Crippen molar-refractivity contribution in [1.29, 1.82) is 0 Å². The maximum atomic E-state index is 13.0. The molecule has 132 valence electrons. The summed E-state index contributed by atoms with van der Waals surface area (Å²) in [7, 11) is 2.45. The number of aromatic nitrogens is 1. The van der Waals surface area contributed by atoms with Crippen LogP contribution in [0.2, 0.25) is 0 Å². The quantitative estimate of drug-likeness (QED) is 0.725. The van der Waals surface area contributed by atoms with E-state index in [1.54, 1.807) is 36.4 Å². The lowest BCUT2D eigenvalue weighted by atomic mass is 10.1. The molecular weight excluding hydrogens is 336 g/mol. The number of nitrogens with two attached hydrogens (primary N) is 1. The molecule has 0 saturated carbocycles. The fourth-order valence-electron chi connectivity index (χ4n) is 2.79. The van der Waals surface area contributed by atoms with Gasteiger partial charge < -0.3 is 15.2 Å². The molecule has 7 nitrogen and oxygen atoms in total. The summed E-state index contributed by atoms with van der Waals surface area (Å²) in [5.74, 6) is -1.37. The van der Waals surface area contributed by atoms with E-state index in [1.807, 2.05) is 0 Å². The Morgan fingerprint density at radius 2 is 1.62 bits per heavy atom. The second kappa shape index (κ2) is 6.72. The SMILES string of the molecule is COC(=O)c1ccc2c(N)c(C(=O)OC)c(=O)n(-c3ccccc3)c2c1. The Bertz CT molecular complexity index is 1070. The van der Waals surface area contributed by atoms with Crippen molar-refractivity contribution in [3.8, 4) is 5.69 Å². The van der Waals surface area contributed by atoms with Crippen molar-refractivity contribution in [2.75, 3.05) is 20.0 Å². The van der Waals surface area contributed by atoms with Gasteiger partial charge in [0.15, 0.2) is 0 Å². The standard InChI is InChI=1S/C19H16N2O5/c1-25-18(23)11-8-9-13-14(10-11)21(12-6-4-3-5-7-12)17(22)15(16(13)20)19(24)26-2/h3-10H,20H2,1-2H3. The van der Waals surface area contributed by atoms with Crippen LogP contribution in [0.4, 0.5) is 5.69 Å². The molecule has 3 rings (SSSR count). The van der Waals surface area contributed by atoms with Crippen LogP contribution >= 0.6 is 0 Å². The highest BCUT2D eigenvalue weighted by molar-refractivity contribution is 6.06. The van der Waals surface area contributed by atoms with Crippen LogP contribution in [0.5, 0.6) is 0 Å². The predicted octanol–water partition coefficient (Wildman–Crippen LogP) is 2.15. The zero-order chi connectivity index (χ0) is 18.8. The summed E-state index contributed by atoms with van der Waals surface area (Å²) in [4.78, 5) is 37.0. The average Bonchev–Trinajstić information content (AvgIpc) is 2.67. The smallest absolute Gasteiger partial charge is 0.345 e. The van der Waals surface area contributed by atoms with Gasteiger partial charge in [0.05, 0.1) is 31.0 Å². The first kappa shape index (κ1) is 17.2. The number of ether oxygens (including phenoxy) is 2. The van der Waals surface area contributed by atoms with Gasteiger partial charge in [0.25, 0.3) is 5.56 Å². The van der Waals surface area contributed by atoms with Gasteiger partial charge in [-0.3, -0.25) is 9.36 Å². The summed E-state index contributed by atoms with van der Waals surface area (Å²) in [5.41, 5.74) is 6.35. The molecular formula is C19H16N2O5. The van der Waals surface area contributed by atoms with Crippen LogP contribution in [-0.4, -0.2) is 30.7 Å². The van der Waals surface area contributed by atoms with Gasteiger partial charge in [-0.15, -0.1) is 0 Å². The van der Waals surface area contributed by atoms with Gasteiger partial charge in [0, 0.05) is 11.1 Å². The zero-order valence-electron chi connectivity index (χ0n) is 14.2. The average molecular weight is 352 g/mol. The second-order valence-electron chi connectivity index (χ2n) is 5.48. The van der Waals surface area contributed by atoms with E-state index in [0.29, 0.717) is 16.6 Å². The van der Waals surface area contributed by atoms with Crippen LogP contribution in [0, 0.1) is 0 Å². The summed E-state index contributed by atoms with van der Waals surface area (Å²) in [6.45, 7) is 0. The molecule has 1 aromatic heterocycles. The third kappa shape index (κ3) is 2.69. The highest BCUT2D eigenvalue weighted by atomic mass is 16.5. The van der Waals surface area contributed by atoms with Crippen molar-refractivity contribution in [3.05, 3.63) is 70.0 Å². The molecule has 0 amide bonds. The number of benzene rings is 2. The van der Waals surface area contributed by atoms with Crippen molar-refractivity contribution in [1.82, 2.24) is 4.57 Å². The number of nitrogens with zero attached hydrogens (tertiary/aromatic N) is 1. The monoisotopic (exact) mass is 352 g/mol. The number of anilines is 1. The number of rotatable bonds is 3. The molecule has 1 heterocycles. The number of carbonyl (C=O) groups excluding carboxylic acids is 2. The molecule has 2 N–H and O–H groups in total. The van der Waals surface area contributed by atoms with E-state index in [4.69, 9.17) is 15.2 Å². The van der Waals surface area contributed by atoms with E-state index in [9.17, 15) is 14.4 Å². The molecule has 0 unspecified atom stereocenters. The normalized spacial score (nSPS) is 10.5. The van der Waals surface area contributed by atoms with Crippen LogP contribution in [0.25, 0.3) is 16.6 Å². The maximum Gasteiger partial charge on any atom is 0.345 e. The van der Waals surface area contributed by atoms with E-state index >= 15 is 0 Å². The Kier molecular flexibility index (Phi) is 4.45. The molecule has 0 saturated heterocycles. The Morgan fingerprint density at radius 3 is 2.23 bits per heavy atom. The van der Waals surface area contributed by atoms with Crippen molar-refractivity contribution in [2.24, 2.45) is 0 Å².